The zero-order valence-electron chi connectivity index (χ0n) is 16.1. The van der Waals surface area contributed by atoms with Crippen LogP contribution in [0.5, 0.6) is 0 Å². The summed E-state index contributed by atoms with van der Waals surface area (Å²) in [5, 5.41) is 0. The summed E-state index contributed by atoms with van der Waals surface area (Å²) in [7, 11) is 0. The molecule has 1 heterocycles. The SMILES string of the molecule is Cc1cccc(C(=O)/C=C/C2=C([NH+]3CCCCCC3)Cc3ccccc32)c1. The molecule has 2 nitrogen and oxygen atoms in total. The molecule has 1 N–H and O–H groups in total. The van der Waals surface area contributed by atoms with Crippen LogP contribution in [-0.2, 0) is 6.42 Å². The zero-order chi connectivity index (χ0) is 18.6. The fourth-order valence-electron chi connectivity index (χ4n) is 4.40. The van der Waals surface area contributed by atoms with Crippen LogP contribution in [0.15, 0.2) is 66.4 Å². The molecule has 2 heteroatoms. The molecule has 1 saturated heterocycles. The summed E-state index contributed by atoms with van der Waals surface area (Å²) in [4.78, 5) is 14.3. The Morgan fingerprint density at radius 2 is 1.74 bits per heavy atom. The summed E-state index contributed by atoms with van der Waals surface area (Å²) in [5.74, 6) is 0.0841. The molecule has 0 unspecified atom stereocenters. The molecule has 27 heavy (non-hydrogen) atoms. The molecule has 2 aromatic carbocycles. The first-order valence-corrected chi connectivity index (χ1v) is 10.2. The van der Waals surface area contributed by atoms with E-state index in [0.29, 0.717) is 0 Å². The highest BCUT2D eigenvalue weighted by molar-refractivity contribution is 6.06. The van der Waals surface area contributed by atoms with Crippen LogP contribution in [0.3, 0.4) is 0 Å². The van der Waals surface area contributed by atoms with Gasteiger partial charge in [0.15, 0.2) is 5.78 Å². The number of allylic oxidation sites excluding steroid dienone is 4. The van der Waals surface area contributed by atoms with Crippen molar-refractivity contribution in [3.05, 3.63) is 88.6 Å². The number of fused-ring (bicyclic) bond motifs is 1. The number of nitrogens with one attached hydrogen (secondary N) is 1. The maximum absolute atomic E-state index is 12.7. The topological polar surface area (TPSA) is 21.5 Å². The van der Waals surface area contributed by atoms with Gasteiger partial charge in [0.2, 0.25) is 0 Å². The first kappa shape index (κ1) is 17.9. The van der Waals surface area contributed by atoms with E-state index in [2.05, 4.69) is 30.3 Å². The summed E-state index contributed by atoms with van der Waals surface area (Å²) in [5.41, 5.74) is 7.33. The Bertz CT molecular complexity index is 898. The smallest absolute Gasteiger partial charge is 0.185 e. The van der Waals surface area contributed by atoms with E-state index in [1.165, 1.54) is 61.2 Å². The molecule has 0 radical (unpaired) electrons. The Morgan fingerprint density at radius 1 is 0.963 bits per heavy atom. The Hall–Kier alpha value is -2.45. The van der Waals surface area contributed by atoms with Crippen molar-refractivity contribution in [3.8, 4) is 0 Å². The van der Waals surface area contributed by atoms with Crippen LogP contribution in [0.4, 0.5) is 0 Å². The number of hydrogen-bond acceptors (Lipinski definition) is 1. The van der Waals surface area contributed by atoms with Crippen LogP contribution in [0.2, 0.25) is 0 Å². The van der Waals surface area contributed by atoms with Crippen LogP contribution in [-0.4, -0.2) is 18.9 Å². The van der Waals surface area contributed by atoms with E-state index in [4.69, 9.17) is 0 Å². The van der Waals surface area contributed by atoms with Gasteiger partial charge in [-0.1, -0.05) is 48.0 Å². The van der Waals surface area contributed by atoms with Crippen molar-refractivity contribution >= 4 is 11.4 Å². The lowest BCUT2D eigenvalue weighted by Gasteiger charge is -2.18. The summed E-state index contributed by atoms with van der Waals surface area (Å²) < 4.78 is 0. The van der Waals surface area contributed by atoms with Crippen LogP contribution >= 0.6 is 0 Å². The van der Waals surface area contributed by atoms with E-state index in [0.717, 1.165) is 17.5 Å². The molecular weight excluding hydrogens is 330 g/mol. The molecule has 4 rings (SSSR count). The number of benzene rings is 2. The summed E-state index contributed by atoms with van der Waals surface area (Å²) in [6.07, 6.45) is 10.2. The highest BCUT2D eigenvalue weighted by Gasteiger charge is 2.28. The normalized spacial score (nSPS) is 18.0. The van der Waals surface area contributed by atoms with Crippen molar-refractivity contribution in [1.82, 2.24) is 0 Å². The number of ketones is 1. The van der Waals surface area contributed by atoms with Crippen molar-refractivity contribution in [2.75, 3.05) is 13.1 Å². The second-order valence-electron chi connectivity index (χ2n) is 7.81. The zero-order valence-corrected chi connectivity index (χ0v) is 16.1. The summed E-state index contributed by atoms with van der Waals surface area (Å²) in [6.45, 7) is 4.45. The number of carbonyl (C=O) groups is 1. The van der Waals surface area contributed by atoms with E-state index in [-0.39, 0.29) is 5.78 Å². The van der Waals surface area contributed by atoms with Gasteiger partial charge in [-0.15, -0.1) is 0 Å². The molecule has 0 atom stereocenters. The van der Waals surface area contributed by atoms with Gasteiger partial charge in [-0.2, -0.15) is 0 Å². The number of rotatable bonds is 4. The van der Waals surface area contributed by atoms with Gasteiger partial charge in [0, 0.05) is 17.6 Å². The average molecular weight is 359 g/mol. The Labute approximate surface area is 162 Å². The van der Waals surface area contributed by atoms with E-state index in [1.54, 1.807) is 11.0 Å². The van der Waals surface area contributed by atoms with E-state index >= 15 is 0 Å². The molecule has 0 aromatic heterocycles. The van der Waals surface area contributed by atoms with Crippen LogP contribution < -0.4 is 4.90 Å². The second-order valence-corrected chi connectivity index (χ2v) is 7.81. The lowest BCUT2D eigenvalue weighted by atomic mass is 10.0. The highest BCUT2D eigenvalue weighted by atomic mass is 16.1. The number of likely N-dealkylation sites (tertiary alicyclic amines) is 1. The number of hydrogen-bond donors (Lipinski definition) is 1. The fraction of sp³-hybridized carbons (Fsp3) is 0.320. The van der Waals surface area contributed by atoms with Gasteiger partial charge in [0.05, 0.1) is 13.1 Å². The van der Waals surface area contributed by atoms with Gasteiger partial charge in [0.1, 0.15) is 5.70 Å². The Kier molecular flexibility index (Phi) is 5.35. The van der Waals surface area contributed by atoms with Gasteiger partial charge in [-0.05, 0) is 62.0 Å². The summed E-state index contributed by atoms with van der Waals surface area (Å²) in [6, 6.07) is 16.5. The third kappa shape index (κ3) is 3.96. The molecule has 1 aliphatic heterocycles. The van der Waals surface area contributed by atoms with Gasteiger partial charge in [-0.25, -0.2) is 0 Å². The minimum absolute atomic E-state index is 0.0841. The van der Waals surface area contributed by atoms with E-state index in [1.807, 2.05) is 31.2 Å². The monoisotopic (exact) mass is 358 g/mol. The molecule has 138 valence electrons. The lowest BCUT2D eigenvalue weighted by Crippen LogP contribution is -3.10. The first-order chi connectivity index (χ1) is 13.2. The maximum atomic E-state index is 12.7. The number of aryl methyl sites for hydroxylation is 1. The fourth-order valence-corrected chi connectivity index (χ4v) is 4.40. The molecule has 0 saturated carbocycles. The largest absolute Gasteiger partial charge is 0.305 e. The minimum atomic E-state index is 0.0841. The molecule has 1 aliphatic carbocycles. The van der Waals surface area contributed by atoms with Crippen LogP contribution in [0.1, 0.15) is 52.7 Å². The highest BCUT2D eigenvalue weighted by Crippen LogP contribution is 2.31. The predicted octanol–water partition coefficient (Wildman–Crippen LogP) is 4.16. The van der Waals surface area contributed by atoms with E-state index in [9.17, 15) is 4.79 Å². The Morgan fingerprint density at radius 3 is 2.52 bits per heavy atom. The second kappa shape index (κ2) is 8.06. The molecular formula is C25H28NO+. The van der Waals surface area contributed by atoms with Crippen LogP contribution in [0, 0.1) is 6.92 Å². The van der Waals surface area contributed by atoms with Crippen molar-refractivity contribution < 1.29 is 9.69 Å². The van der Waals surface area contributed by atoms with Crippen molar-refractivity contribution in [2.24, 2.45) is 0 Å². The van der Waals surface area contributed by atoms with Crippen molar-refractivity contribution in [3.63, 3.8) is 0 Å². The molecule has 2 aromatic rings. The third-order valence-electron chi connectivity index (χ3n) is 5.84. The maximum Gasteiger partial charge on any atom is 0.185 e. The van der Waals surface area contributed by atoms with Gasteiger partial charge in [-0.3, -0.25) is 4.79 Å². The van der Waals surface area contributed by atoms with Crippen LogP contribution in [0.25, 0.3) is 5.57 Å². The summed E-state index contributed by atoms with van der Waals surface area (Å²) >= 11 is 0. The number of quaternary nitrogens is 1. The molecule has 2 aliphatic rings. The standard InChI is InChI=1S/C25H27NO/c1-19-9-8-11-21(17-19)25(27)14-13-23-22-12-5-4-10-20(22)18-24(23)26-15-6-2-3-7-16-26/h4-5,8-14,17H,2-3,6-7,15-16,18H2,1H3/p+1/b14-13+. The molecule has 1 fully saturated rings. The Balaban J connectivity index is 1.66. The predicted molar refractivity (Wildman–Crippen MR) is 111 cm³/mol. The molecule has 0 amide bonds. The van der Waals surface area contributed by atoms with E-state index < -0.39 is 0 Å². The molecule has 0 spiro atoms. The van der Waals surface area contributed by atoms with Gasteiger partial charge < -0.3 is 4.90 Å². The first-order valence-electron chi connectivity index (χ1n) is 10.2. The van der Waals surface area contributed by atoms with Gasteiger partial charge in [0.25, 0.3) is 0 Å². The lowest BCUT2D eigenvalue weighted by molar-refractivity contribution is -0.860. The molecule has 0 bridgehead atoms. The van der Waals surface area contributed by atoms with Crippen molar-refractivity contribution in [1.29, 1.82) is 0 Å². The van der Waals surface area contributed by atoms with Gasteiger partial charge >= 0.3 is 0 Å². The van der Waals surface area contributed by atoms with Crippen molar-refractivity contribution in [2.45, 2.75) is 39.0 Å². The minimum Gasteiger partial charge on any atom is -0.305 e. The average Bonchev–Trinajstić information content (AvgIpc) is 2.85. The number of carbonyl (C=O) groups excluding carboxylic acids is 1. The quantitative estimate of drug-likeness (QED) is 0.643. The third-order valence-corrected chi connectivity index (χ3v) is 5.84.